The van der Waals surface area contributed by atoms with Gasteiger partial charge in [-0.3, -0.25) is 9.59 Å². The van der Waals surface area contributed by atoms with Gasteiger partial charge >= 0.3 is 0 Å². The molecule has 136 valence electrons. The van der Waals surface area contributed by atoms with Gasteiger partial charge in [-0.1, -0.05) is 25.4 Å². The summed E-state index contributed by atoms with van der Waals surface area (Å²) in [6, 6.07) is 4.36. The van der Waals surface area contributed by atoms with Crippen LogP contribution in [0.5, 0.6) is 0 Å². The van der Waals surface area contributed by atoms with Crippen molar-refractivity contribution in [1.29, 1.82) is 0 Å². The van der Waals surface area contributed by atoms with E-state index in [1.54, 1.807) is 11.8 Å². The van der Waals surface area contributed by atoms with Gasteiger partial charge in [0.2, 0.25) is 15.9 Å². The van der Waals surface area contributed by atoms with Gasteiger partial charge in [0.05, 0.1) is 27.9 Å². The van der Waals surface area contributed by atoms with E-state index in [0.717, 1.165) is 17.1 Å². The smallest absolute Gasteiger partial charge is 0.255 e. The van der Waals surface area contributed by atoms with Crippen molar-refractivity contribution in [3.63, 3.8) is 0 Å². The quantitative estimate of drug-likeness (QED) is 0.785. The van der Waals surface area contributed by atoms with Gasteiger partial charge in [0.25, 0.3) is 5.91 Å². The molecule has 6 nitrogen and oxygen atoms in total. The number of benzene rings is 1. The molecule has 0 spiro atoms. The van der Waals surface area contributed by atoms with Gasteiger partial charge in [-0.05, 0) is 37.0 Å². The summed E-state index contributed by atoms with van der Waals surface area (Å²) in [6.45, 7) is 5.12. The van der Waals surface area contributed by atoms with Crippen molar-refractivity contribution in [1.82, 2.24) is 4.90 Å². The van der Waals surface area contributed by atoms with Crippen LogP contribution < -0.4 is 4.31 Å². The van der Waals surface area contributed by atoms with E-state index in [1.165, 1.54) is 18.2 Å². The molecule has 1 atom stereocenters. The minimum Gasteiger partial charge on any atom is -0.339 e. The number of carbonyl (C=O) groups excluding carboxylic acids is 2. The Labute approximate surface area is 152 Å². The minimum atomic E-state index is -3.69. The minimum absolute atomic E-state index is 0.156. The highest BCUT2D eigenvalue weighted by atomic mass is 35.5. The molecule has 25 heavy (non-hydrogen) atoms. The third-order valence-corrected chi connectivity index (χ3v) is 7.03. The SMILES string of the molecule is CC1CCN(C(=O)c2ccc(N3C(=O)[C@@H](C)CS3(=O)=O)cc2Cl)CC1. The van der Waals surface area contributed by atoms with Crippen LogP contribution >= 0.6 is 11.6 Å². The molecule has 2 aliphatic heterocycles. The lowest BCUT2D eigenvalue weighted by Crippen LogP contribution is -2.38. The molecule has 2 heterocycles. The van der Waals surface area contributed by atoms with Crippen molar-refractivity contribution in [2.45, 2.75) is 26.7 Å². The fourth-order valence-electron chi connectivity index (χ4n) is 3.27. The number of anilines is 1. The van der Waals surface area contributed by atoms with E-state index in [9.17, 15) is 18.0 Å². The van der Waals surface area contributed by atoms with E-state index >= 15 is 0 Å². The molecule has 2 fully saturated rings. The van der Waals surface area contributed by atoms with Crippen molar-refractivity contribution in [2.75, 3.05) is 23.1 Å². The molecule has 0 saturated carbocycles. The number of hydrogen-bond donors (Lipinski definition) is 0. The number of piperidine rings is 1. The molecular formula is C17H21ClN2O4S. The van der Waals surface area contributed by atoms with Gasteiger partial charge in [0.15, 0.2) is 0 Å². The Kier molecular flexibility index (Phi) is 4.81. The molecule has 2 saturated heterocycles. The molecular weight excluding hydrogens is 364 g/mol. The highest BCUT2D eigenvalue weighted by molar-refractivity contribution is 7.94. The predicted octanol–water partition coefficient (Wildman–Crippen LogP) is 2.52. The maximum atomic E-state index is 12.6. The Balaban J connectivity index is 1.86. The topological polar surface area (TPSA) is 74.8 Å². The molecule has 0 unspecified atom stereocenters. The first-order chi connectivity index (χ1) is 11.7. The second-order valence-electron chi connectivity index (χ2n) is 6.92. The zero-order chi connectivity index (χ0) is 18.4. The maximum Gasteiger partial charge on any atom is 0.255 e. The summed E-state index contributed by atoms with van der Waals surface area (Å²) in [5.41, 5.74) is 0.514. The molecule has 0 aromatic heterocycles. The lowest BCUT2D eigenvalue weighted by molar-refractivity contribution is -0.119. The highest BCUT2D eigenvalue weighted by Crippen LogP contribution is 2.32. The second-order valence-corrected chi connectivity index (χ2v) is 9.19. The van der Waals surface area contributed by atoms with Gasteiger partial charge in [0, 0.05) is 13.1 Å². The number of nitrogens with zero attached hydrogens (tertiary/aromatic N) is 2. The van der Waals surface area contributed by atoms with Crippen molar-refractivity contribution >= 4 is 39.1 Å². The van der Waals surface area contributed by atoms with Crippen LogP contribution in [-0.4, -0.2) is 44.0 Å². The number of sulfonamides is 1. The standard InChI is InChI=1S/C17H21ClN2O4S/c1-11-5-7-19(8-6-11)17(22)14-4-3-13(9-15(14)18)20-16(21)12(2)10-25(20,23)24/h3-4,9,11-12H,5-8,10H2,1-2H3/t12-/m0/s1. The Morgan fingerprint density at radius 3 is 2.36 bits per heavy atom. The number of hydrogen-bond acceptors (Lipinski definition) is 4. The first-order valence-electron chi connectivity index (χ1n) is 8.36. The summed E-state index contributed by atoms with van der Waals surface area (Å²) in [5, 5.41) is 0.156. The third-order valence-electron chi connectivity index (χ3n) is 4.85. The lowest BCUT2D eigenvalue weighted by atomic mass is 9.98. The third kappa shape index (κ3) is 3.40. The fourth-order valence-corrected chi connectivity index (χ4v) is 5.34. The van der Waals surface area contributed by atoms with Gasteiger partial charge in [-0.25, -0.2) is 12.7 Å². The Morgan fingerprint density at radius 2 is 1.84 bits per heavy atom. The molecule has 8 heteroatoms. The van der Waals surface area contributed by atoms with Crippen LogP contribution in [0, 0.1) is 11.8 Å². The van der Waals surface area contributed by atoms with Crippen molar-refractivity contribution in [3.05, 3.63) is 28.8 Å². The summed E-state index contributed by atoms with van der Waals surface area (Å²) >= 11 is 6.25. The first-order valence-corrected chi connectivity index (χ1v) is 10.3. The number of rotatable bonds is 2. The van der Waals surface area contributed by atoms with E-state index in [1.807, 2.05) is 0 Å². The van der Waals surface area contributed by atoms with Crippen LogP contribution in [0.2, 0.25) is 5.02 Å². The van der Waals surface area contributed by atoms with E-state index in [-0.39, 0.29) is 22.4 Å². The van der Waals surface area contributed by atoms with Gasteiger partial charge in [-0.15, -0.1) is 0 Å². The summed E-state index contributed by atoms with van der Waals surface area (Å²) in [4.78, 5) is 26.6. The largest absolute Gasteiger partial charge is 0.339 e. The average molecular weight is 385 g/mol. The van der Waals surface area contributed by atoms with E-state index < -0.39 is 21.8 Å². The molecule has 2 aliphatic rings. The van der Waals surface area contributed by atoms with Crippen molar-refractivity contribution < 1.29 is 18.0 Å². The molecule has 0 N–H and O–H groups in total. The normalized spacial score (nSPS) is 24.0. The van der Waals surface area contributed by atoms with Gasteiger partial charge < -0.3 is 4.90 Å². The van der Waals surface area contributed by atoms with E-state index in [4.69, 9.17) is 11.6 Å². The maximum absolute atomic E-state index is 12.6. The molecule has 0 radical (unpaired) electrons. The van der Waals surface area contributed by atoms with Crippen molar-refractivity contribution in [2.24, 2.45) is 11.8 Å². The predicted molar refractivity (Wildman–Crippen MR) is 96.2 cm³/mol. The van der Waals surface area contributed by atoms with Crippen LogP contribution in [0.25, 0.3) is 0 Å². The monoisotopic (exact) mass is 384 g/mol. The molecule has 0 aliphatic carbocycles. The summed E-state index contributed by atoms with van der Waals surface area (Å²) in [7, 11) is -3.69. The second kappa shape index (κ2) is 6.61. The van der Waals surface area contributed by atoms with Gasteiger partial charge in [0.1, 0.15) is 0 Å². The molecule has 1 aromatic rings. The summed E-state index contributed by atoms with van der Waals surface area (Å²) in [5.74, 6) is -0.820. The summed E-state index contributed by atoms with van der Waals surface area (Å²) in [6.07, 6.45) is 1.92. The van der Waals surface area contributed by atoms with Crippen LogP contribution in [0.15, 0.2) is 18.2 Å². The van der Waals surface area contributed by atoms with Crippen LogP contribution in [-0.2, 0) is 14.8 Å². The van der Waals surface area contributed by atoms with Crippen LogP contribution in [0.4, 0.5) is 5.69 Å². The lowest BCUT2D eigenvalue weighted by Gasteiger charge is -2.30. The Morgan fingerprint density at radius 1 is 1.20 bits per heavy atom. The number of halogens is 1. The molecule has 0 bridgehead atoms. The zero-order valence-electron chi connectivity index (χ0n) is 14.2. The van der Waals surface area contributed by atoms with E-state index in [2.05, 4.69) is 6.92 Å². The Bertz CT molecular complexity index is 816. The first kappa shape index (κ1) is 18.2. The molecule has 3 rings (SSSR count). The zero-order valence-corrected chi connectivity index (χ0v) is 15.8. The number of amides is 2. The van der Waals surface area contributed by atoms with Crippen molar-refractivity contribution in [3.8, 4) is 0 Å². The molecule has 1 aromatic carbocycles. The van der Waals surface area contributed by atoms with Gasteiger partial charge in [-0.2, -0.15) is 0 Å². The Hall–Kier alpha value is -1.60. The fraction of sp³-hybridized carbons (Fsp3) is 0.529. The average Bonchev–Trinajstić information content (AvgIpc) is 2.75. The number of carbonyl (C=O) groups is 2. The van der Waals surface area contributed by atoms with Crippen LogP contribution in [0.3, 0.4) is 0 Å². The number of likely N-dealkylation sites (tertiary alicyclic amines) is 1. The van der Waals surface area contributed by atoms with E-state index in [0.29, 0.717) is 24.6 Å². The summed E-state index contributed by atoms with van der Waals surface area (Å²) < 4.78 is 25.1. The van der Waals surface area contributed by atoms with Crippen LogP contribution in [0.1, 0.15) is 37.0 Å². The highest BCUT2D eigenvalue weighted by Gasteiger charge is 2.42. The molecule has 2 amide bonds.